The molecular weight excluding hydrogens is 310 g/mol. The molecule has 0 aliphatic rings. The number of hydrogen-bond donors (Lipinski definition) is 1. The molecule has 5 nitrogen and oxygen atoms in total. The maximum atomic E-state index is 11.6. The van der Waals surface area contributed by atoms with Gasteiger partial charge in [-0.25, -0.2) is 9.78 Å². The summed E-state index contributed by atoms with van der Waals surface area (Å²) in [5.74, 6) is 0.378. The van der Waals surface area contributed by atoms with E-state index in [1.54, 1.807) is 11.5 Å². The monoisotopic (exact) mass is 323 g/mol. The number of nitrogens with zero attached hydrogens (tertiary/aromatic N) is 2. The molecule has 0 aliphatic heterocycles. The second-order valence-electron chi connectivity index (χ2n) is 4.21. The Morgan fingerprint density at radius 3 is 2.63 bits per heavy atom. The van der Waals surface area contributed by atoms with Crippen LogP contribution in [0.1, 0.15) is 21.9 Å². The van der Waals surface area contributed by atoms with Gasteiger partial charge in [0, 0.05) is 4.47 Å². The van der Waals surface area contributed by atoms with Crippen molar-refractivity contribution in [3.8, 4) is 5.69 Å². The second-order valence-corrected chi connectivity index (χ2v) is 5.12. The van der Waals surface area contributed by atoms with E-state index < -0.39 is 5.97 Å². The number of halogens is 1. The van der Waals surface area contributed by atoms with Crippen LogP contribution in [-0.4, -0.2) is 22.6 Å². The maximum Gasteiger partial charge on any atom is 0.360 e. The van der Waals surface area contributed by atoms with E-state index >= 15 is 0 Å². The number of imidazole rings is 1. The SMILES string of the molecule is COC(=O)c1nc(C)n(-c2cc(C)cc(Br)c2)c1N. The minimum Gasteiger partial charge on any atom is -0.464 e. The third kappa shape index (κ3) is 2.49. The Labute approximate surface area is 119 Å². The Morgan fingerprint density at radius 2 is 2.05 bits per heavy atom. The van der Waals surface area contributed by atoms with Gasteiger partial charge in [-0.1, -0.05) is 15.9 Å². The third-order valence-electron chi connectivity index (χ3n) is 2.74. The highest BCUT2D eigenvalue weighted by Gasteiger charge is 2.20. The molecule has 0 spiro atoms. The fourth-order valence-corrected chi connectivity index (χ4v) is 2.56. The molecule has 2 aromatic rings. The molecule has 1 heterocycles. The molecule has 0 saturated carbocycles. The molecule has 100 valence electrons. The first kappa shape index (κ1) is 13.6. The van der Waals surface area contributed by atoms with Crippen molar-refractivity contribution < 1.29 is 9.53 Å². The van der Waals surface area contributed by atoms with Crippen LogP contribution in [0.4, 0.5) is 5.82 Å². The minimum absolute atomic E-state index is 0.137. The van der Waals surface area contributed by atoms with Gasteiger partial charge < -0.3 is 10.5 Å². The predicted molar refractivity (Wildman–Crippen MR) is 76.5 cm³/mol. The summed E-state index contributed by atoms with van der Waals surface area (Å²) in [6.45, 7) is 3.77. The molecule has 0 aliphatic carbocycles. The van der Waals surface area contributed by atoms with Crippen molar-refractivity contribution in [2.45, 2.75) is 13.8 Å². The molecule has 2 rings (SSSR count). The van der Waals surface area contributed by atoms with E-state index in [2.05, 4.69) is 25.7 Å². The quantitative estimate of drug-likeness (QED) is 0.862. The average Bonchev–Trinajstić information content (AvgIpc) is 2.62. The molecule has 1 aromatic heterocycles. The van der Waals surface area contributed by atoms with Gasteiger partial charge in [0.1, 0.15) is 11.6 Å². The molecule has 0 bridgehead atoms. The summed E-state index contributed by atoms with van der Waals surface area (Å²) in [5, 5.41) is 0. The summed E-state index contributed by atoms with van der Waals surface area (Å²) in [4.78, 5) is 15.7. The van der Waals surface area contributed by atoms with Gasteiger partial charge in [-0.05, 0) is 37.6 Å². The highest BCUT2D eigenvalue weighted by atomic mass is 79.9. The van der Waals surface area contributed by atoms with E-state index in [4.69, 9.17) is 5.73 Å². The maximum absolute atomic E-state index is 11.6. The van der Waals surface area contributed by atoms with Gasteiger partial charge in [-0.2, -0.15) is 0 Å². The Bertz CT molecular complexity index is 629. The fourth-order valence-electron chi connectivity index (χ4n) is 1.97. The number of rotatable bonds is 2. The molecule has 0 unspecified atom stereocenters. The van der Waals surface area contributed by atoms with Gasteiger partial charge in [0.05, 0.1) is 12.8 Å². The average molecular weight is 324 g/mol. The predicted octanol–water partition coefficient (Wildman–Crippen LogP) is 2.62. The van der Waals surface area contributed by atoms with Crippen molar-refractivity contribution in [1.82, 2.24) is 9.55 Å². The van der Waals surface area contributed by atoms with Gasteiger partial charge >= 0.3 is 5.97 Å². The number of carbonyl (C=O) groups excluding carboxylic acids is 1. The zero-order valence-corrected chi connectivity index (χ0v) is 12.5. The highest BCUT2D eigenvalue weighted by Crippen LogP contribution is 2.24. The van der Waals surface area contributed by atoms with Crippen LogP contribution in [0, 0.1) is 13.8 Å². The number of ether oxygens (including phenoxy) is 1. The Morgan fingerprint density at radius 1 is 1.37 bits per heavy atom. The molecule has 0 atom stereocenters. The number of aryl methyl sites for hydroxylation is 2. The van der Waals surface area contributed by atoms with E-state index in [1.165, 1.54) is 7.11 Å². The van der Waals surface area contributed by atoms with Crippen LogP contribution in [-0.2, 0) is 4.74 Å². The second kappa shape index (κ2) is 5.05. The van der Waals surface area contributed by atoms with Crippen LogP contribution in [0.5, 0.6) is 0 Å². The number of benzene rings is 1. The molecule has 0 amide bonds. The number of nitrogens with two attached hydrogens (primary N) is 1. The Kier molecular flexibility index (Phi) is 3.61. The third-order valence-corrected chi connectivity index (χ3v) is 3.20. The number of nitrogen functional groups attached to an aromatic ring is 1. The minimum atomic E-state index is -0.536. The summed E-state index contributed by atoms with van der Waals surface area (Å²) in [7, 11) is 1.30. The lowest BCUT2D eigenvalue weighted by atomic mass is 10.2. The van der Waals surface area contributed by atoms with Crippen molar-refractivity contribution >= 4 is 27.7 Å². The topological polar surface area (TPSA) is 70.1 Å². The zero-order chi connectivity index (χ0) is 14.2. The fraction of sp³-hybridized carbons (Fsp3) is 0.231. The standard InChI is InChI=1S/C13H14BrN3O2/c1-7-4-9(14)6-10(5-7)17-8(2)16-11(12(17)15)13(18)19-3/h4-6H,15H2,1-3H3. The summed E-state index contributed by atoms with van der Waals surface area (Å²) in [6, 6.07) is 5.88. The zero-order valence-electron chi connectivity index (χ0n) is 10.9. The van der Waals surface area contributed by atoms with Gasteiger partial charge in [0.25, 0.3) is 0 Å². The lowest BCUT2D eigenvalue weighted by Crippen LogP contribution is -2.08. The number of aromatic nitrogens is 2. The molecule has 6 heteroatoms. The number of hydrogen-bond acceptors (Lipinski definition) is 4. The summed E-state index contributed by atoms with van der Waals surface area (Å²) in [5.41, 5.74) is 8.07. The first-order chi connectivity index (χ1) is 8.93. The Balaban J connectivity index is 2.62. The van der Waals surface area contributed by atoms with Crippen LogP contribution >= 0.6 is 15.9 Å². The van der Waals surface area contributed by atoms with E-state index in [-0.39, 0.29) is 11.5 Å². The lowest BCUT2D eigenvalue weighted by Gasteiger charge is -2.09. The molecule has 0 saturated heterocycles. The van der Waals surface area contributed by atoms with Crippen molar-refractivity contribution in [2.24, 2.45) is 0 Å². The smallest absolute Gasteiger partial charge is 0.360 e. The number of anilines is 1. The van der Waals surface area contributed by atoms with E-state index in [9.17, 15) is 4.79 Å². The first-order valence-electron chi connectivity index (χ1n) is 5.64. The van der Waals surface area contributed by atoms with Crippen molar-refractivity contribution in [3.05, 3.63) is 39.8 Å². The lowest BCUT2D eigenvalue weighted by molar-refractivity contribution is 0.0596. The number of esters is 1. The summed E-state index contributed by atoms with van der Waals surface area (Å²) < 4.78 is 7.33. The van der Waals surface area contributed by atoms with Gasteiger partial charge in [0.2, 0.25) is 0 Å². The van der Waals surface area contributed by atoms with E-state index in [0.29, 0.717) is 5.82 Å². The van der Waals surface area contributed by atoms with Crippen molar-refractivity contribution in [3.63, 3.8) is 0 Å². The van der Waals surface area contributed by atoms with Crippen LogP contribution in [0.25, 0.3) is 5.69 Å². The van der Waals surface area contributed by atoms with Crippen LogP contribution < -0.4 is 5.73 Å². The molecule has 2 N–H and O–H groups in total. The van der Waals surface area contributed by atoms with Crippen LogP contribution in [0.3, 0.4) is 0 Å². The van der Waals surface area contributed by atoms with Crippen molar-refractivity contribution in [1.29, 1.82) is 0 Å². The van der Waals surface area contributed by atoms with Gasteiger partial charge in [-0.3, -0.25) is 4.57 Å². The molecule has 0 fully saturated rings. The van der Waals surface area contributed by atoms with Gasteiger partial charge in [0.15, 0.2) is 5.69 Å². The number of methoxy groups -OCH3 is 1. The number of carbonyl (C=O) groups is 1. The summed E-state index contributed by atoms with van der Waals surface area (Å²) in [6.07, 6.45) is 0. The van der Waals surface area contributed by atoms with Gasteiger partial charge in [-0.15, -0.1) is 0 Å². The van der Waals surface area contributed by atoms with Crippen LogP contribution in [0.2, 0.25) is 0 Å². The first-order valence-corrected chi connectivity index (χ1v) is 6.44. The molecule has 19 heavy (non-hydrogen) atoms. The Hall–Kier alpha value is -1.82. The molecular formula is C13H14BrN3O2. The largest absolute Gasteiger partial charge is 0.464 e. The summed E-state index contributed by atoms with van der Waals surface area (Å²) >= 11 is 3.44. The normalized spacial score (nSPS) is 10.5. The molecule has 1 aromatic carbocycles. The highest BCUT2D eigenvalue weighted by molar-refractivity contribution is 9.10. The molecule has 0 radical (unpaired) electrons. The van der Waals surface area contributed by atoms with E-state index in [0.717, 1.165) is 15.7 Å². The van der Waals surface area contributed by atoms with Crippen molar-refractivity contribution in [2.75, 3.05) is 12.8 Å². The van der Waals surface area contributed by atoms with E-state index in [1.807, 2.05) is 25.1 Å². The van der Waals surface area contributed by atoms with Crippen LogP contribution in [0.15, 0.2) is 22.7 Å².